The Bertz CT molecular complexity index is 1170. The minimum Gasteiger partial charge on any atom is -0.357 e. The SMILES string of the molecule is Cc1ccc(NC(=O)c2ccc[nH]2)cc1-c1ccc2nc(NC(C)C)ncc2c1. The number of hydrogen-bond donors (Lipinski definition) is 3. The average molecular weight is 385 g/mol. The summed E-state index contributed by atoms with van der Waals surface area (Å²) < 4.78 is 0. The first kappa shape index (κ1) is 18.7. The van der Waals surface area contributed by atoms with Crippen LogP contribution in [0.15, 0.2) is 60.9 Å². The van der Waals surface area contributed by atoms with Crippen molar-refractivity contribution in [3.8, 4) is 11.1 Å². The third-order valence-electron chi connectivity index (χ3n) is 4.65. The Morgan fingerprint density at radius 3 is 2.72 bits per heavy atom. The number of nitrogens with zero attached hydrogens (tertiary/aromatic N) is 2. The third-order valence-corrected chi connectivity index (χ3v) is 4.65. The van der Waals surface area contributed by atoms with E-state index in [0.717, 1.165) is 33.3 Å². The molecular formula is C23H23N5O. The highest BCUT2D eigenvalue weighted by molar-refractivity contribution is 6.03. The van der Waals surface area contributed by atoms with Gasteiger partial charge >= 0.3 is 0 Å². The number of aromatic amines is 1. The summed E-state index contributed by atoms with van der Waals surface area (Å²) >= 11 is 0. The lowest BCUT2D eigenvalue weighted by molar-refractivity contribution is 0.102. The first-order valence-corrected chi connectivity index (χ1v) is 9.59. The number of rotatable bonds is 5. The summed E-state index contributed by atoms with van der Waals surface area (Å²) in [5.41, 5.74) is 5.40. The van der Waals surface area contributed by atoms with Crippen LogP contribution in [0.4, 0.5) is 11.6 Å². The molecule has 0 spiro atoms. The second kappa shape index (κ2) is 7.75. The lowest BCUT2D eigenvalue weighted by atomic mass is 9.98. The van der Waals surface area contributed by atoms with E-state index in [9.17, 15) is 4.79 Å². The van der Waals surface area contributed by atoms with Gasteiger partial charge in [-0.05, 0) is 73.9 Å². The van der Waals surface area contributed by atoms with Crippen LogP contribution in [0.2, 0.25) is 0 Å². The van der Waals surface area contributed by atoms with Crippen LogP contribution in [0.3, 0.4) is 0 Å². The summed E-state index contributed by atoms with van der Waals surface area (Å²) in [6, 6.07) is 15.9. The molecule has 4 aromatic rings. The molecule has 0 radical (unpaired) electrons. The van der Waals surface area contributed by atoms with Crippen molar-refractivity contribution >= 4 is 28.4 Å². The van der Waals surface area contributed by atoms with Crippen molar-refractivity contribution in [1.29, 1.82) is 0 Å². The summed E-state index contributed by atoms with van der Waals surface area (Å²) in [6.45, 7) is 6.17. The van der Waals surface area contributed by atoms with Gasteiger partial charge in [-0.3, -0.25) is 4.79 Å². The second-order valence-electron chi connectivity index (χ2n) is 7.33. The van der Waals surface area contributed by atoms with Gasteiger partial charge in [-0.2, -0.15) is 0 Å². The van der Waals surface area contributed by atoms with E-state index in [4.69, 9.17) is 0 Å². The molecule has 0 bridgehead atoms. The predicted molar refractivity (Wildman–Crippen MR) is 117 cm³/mol. The number of H-pyrrole nitrogens is 1. The van der Waals surface area contributed by atoms with Gasteiger partial charge < -0.3 is 15.6 Å². The highest BCUT2D eigenvalue weighted by Crippen LogP contribution is 2.29. The topological polar surface area (TPSA) is 82.7 Å². The molecule has 2 aromatic heterocycles. The quantitative estimate of drug-likeness (QED) is 0.451. The number of fused-ring (bicyclic) bond motifs is 1. The molecule has 6 heteroatoms. The van der Waals surface area contributed by atoms with Gasteiger partial charge in [0.2, 0.25) is 5.95 Å². The van der Waals surface area contributed by atoms with Crippen LogP contribution in [0.25, 0.3) is 22.0 Å². The van der Waals surface area contributed by atoms with Crippen molar-refractivity contribution in [3.63, 3.8) is 0 Å². The second-order valence-corrected chi connectivity index (χ2v) is 7.33. The molecule has 0 saturated heterocycles. The Balaban J connectivity index is 1.64. The number of anilines is 2. The largest absolute Gasteiger partial charge is 0.357 e. The monoisotopic (exact) mass is 385 g/mol. The first-order valence-electron chi connectivity index (χ1n) is 9.59. The van der Waals surface area contributed by atoms with Gasteiger partial charge in [-0.15, -0.1) is 0 Å². The molecule has 0 atom stereocenters. The highest BCUT2D eigenvalue weighted by Gasteiger charge is 2.10. The van der Waals surface area contributed by atoms with E-state index in [0.29, 0.717) is 11.6 Å². The first-order chi connectivity index (χ1) is 14.0. The van der Waals surface area contributed by atoms with E-state index in [-0.39, 0.29) is 11.9 Å². The van der Waals surface area contributed by atoms with E-state index in [2.05, 4.69) is 52.4 Å². The lowest BCUT2D eigenvalue weighted by Gasteiger charge is -2.12. The van der Waals surface area contributed by atoms with Gasteiger partial charge in [-0.25, -0.2) is 9.97 Å². The Morgan fingerprint density at radius 2 is 1.97 bits per heavy atom. The fourth-order valence-corrected chi connectivity index (χ4v) is 3.21. The normalized spacial score (nSPS) is 11.0. The van der Waals surface area contributed by atoms with Crippen LogP contribution >= 0.6 is 0 Å². The Kier molecular flexibility index (Phi) is 4.99. The molecule has 146 valence electrons. The number of aryl methyl sites for hydroxylation is 1. The third kappa shape index (κ3) is 4.11. The molecule has 2 aromatic carbocycles. The molecule has 2 heterocycles. The maximum absolute atomic E-state index is 12.3. The minimum atomic E-state index is -0.165. The zero-order valence-corrected chi connectivity index (χ0v) is 16.7. The van der Waals surface area contributed by atoms with Gasteiger partial charge in [0, 0.05) is 29.5 Å². The summed E-state index contributed by atoms with van der Waals surface area (Å²) in [6.07, 6.45) is 3.57. The van der Waals surface area contributed by atoms with E-state index < -0.39 is 0 Å². The van der Waals surface area contributed by atoms with Gasteiger partial charge in [0.25, 0.3) is 5.91 Å². The fraction of sp³-hybridized carbons (Fsp3) is 0.174. The van der Waals surface area contributed by atoms with Gasteiger partial charge in [-0.1, -0.05) is 12.1 Å². The maximum Gasteiger partial charge on any atom is 0.272 e. The predicted octanol–water partition coefficient (Wildman–Crippen LogP) is 5.01. The Morgan fingerprint density at radius 1 is 1.10 bits per heavy atom. The number of hydrogen-bond acceptors (Lipinski definition) is 4. The standard InChI is InChI=1S/C23H23N5O/c1-14(2)26-23-25-13-17-11-16(7-9-20(17)28-23)19-12-18(8-6-15(19)3)27-22(29)21-5-4-10-24-21/h4-14,24H,1-3H3,(H,27,29)(H,25,26,28). The summed E-state index contributed by atoms with van der Waals surface area (Å²) in [5, 5.41) is 7.14. The molecule has 0 saturated carbocycles. The molecule has 29 heavy (non-hydrogen) atoms. The van der Waals surface area contributed by atoms with Crippen LogP contribution in [0.1, 0.15) is 29.9 Å². The summed E-state index contributed by atoms with van der Waals surface area (Å²) in [4.78, 5) is 24.2. The molecule has 0 aliphatic carbocycles. The van der Waals surface area contributed by atoms with Crippen molar-refractivity contribution in [2.75, 3.05) is 10.6 Å². The molecule has 0 unspecified atom stereocenters. The molecule has 0 fully saturated rings. The minimum absolute atomic E-state index is 0.165. The maximum atomic E-state index is 12.3. The van der Waals surface area contributed by atoms with Crippen molar-refractivity contribution in [2.45, 2.75) is 26.8 Å². The number of amides is 1. The lowest BCUT2D eigenvalue weighted by Crippen LogP contribution is -2.12. The molecule has 3 N–H and O–H groups in total. The Hall–Kier alpha value is -3.67. The number of aromatic nitrogens is 3. The number of carbonyl (C=O) groups excluding carboxylic acids is 1. The molecule has 6 nitrogen and oxygen atoms in total. The number of nitrogens with one attached hydrogen (secondary N) is 3. The summed E-state index contributed by atoms with van der Waals surface area (Å²) in [5.74, 6) is 0.465. The number of carbonyl (C=O) groups is 1. The van der Waals surface area contributed by atoms with Crippen molar-refractivity contribution < 1.29 is 4.79 Å². The highest BCUT2D eigenvalue weighted by atomic mass is 16.1. The number of benzene rings is 2. The van der Waals surface area contributed by atoms with Gasteiger partial charge in [0.05, 0.1) is 5.52 Å². The molecule has 0 aliphatic heterocycles. The van der Waals surface area contributed by atoms with Crippen LogP contribution in [0.5, 0.6) is 0 Å². The van der Waals surface area contributed by atoms with Crippen molar-refractivity contribution in [1.82, 2.24) is 15.0 Å². The van der Waals surface area contributed by atoms with Gasteiger partial charge in [0.1, 0.15) is 5.69 Å². The molecular weight excluding hydrogens is 362 g/mol. The van der Waals surface area contributed by atoms with E-state index in [1.165, 1.54) is 0 Å². The van der Waals surface area contributed by atoms with Crippen LogP contribution in [-0.4, -0.2) is 26.9 Å². The zero-order valence-electron chi connectivity index (χ0n) is 16.7. The van der Waals surface area contributed by atoms with Crippen LogP contribution < -0.4 is 10.6 Å². The van der Waals surface area contributed by atoms with E-state index in [1.54, 1.807) is 18.3 Å². The van der Waals surface area contributed by atoms with Crippen molar-refractivity contribution in [2.24, 2.45) is 0 Å². The van der Waals surface area contributed by atoms with E-state index in [1.807, 2.05) is 36.5 Å². The Labute approximate surface area is 169 Å². The van der Waals surface area contributed by atoms with Gasteiger partial charge in [0.15, 0.2) is 0 Å². The van der Waals surface area contributed by atoms with Crippen molar-refractivity contribution in [3.05, 3.63) is 72.2 Å². The average Bonchev–Trinajstić information content (AvgIpc) is 3.24. The molecule has 0 aliphatic rings. The molecule has 1 amide bonds. The van der Waals surface area contributed by atoms with Crippen LogP contribution in [-0.2, 0) is 0 Å². The zero-order chi connectivity index (χ0) is 20.4. The van der Waals surface area contributed by atoms with E-state index >= 15 is 0 Å². The fourth-order valence-electron chi connectivity index (χ4n) is 3.21. The van der Waals surface area contributed by atoms with Crippen LogP contribution in [0, 0.1) is 6.92 Å². The molecule has 4 rings (SSSR count). The smallest absolute Gasteiger partial charge is 0.272 e. The summed E-state index contributed by atoms with van der Waals surface area (Å²) in [7, 11) is 0.